The Bertz CT molecular complexity index is 922. The van der Waals surface area contributed by atoms with Crippen LogP contribution in [-0.2, 0) is 4.79 Å². The van der Waals surface area contributed by atoms with Crippen LogP contribution in [0.1, 0.15) is 25.7 Å². The lowest BCUT2D eigenvalue weighted by molar-refractivity contribution is -0.133. The van der Waals surface area contributed by atoms with E-state index in [-0.39, 0.29) is 11.3 Å². The first-order chi connectivity index (χ1) is 13.6. The minimum absolute atomic E-state index is 0.0352. The number of anilines is 1. The van der Waals surface area contributed by atoms with Gasteiger partial charge in [0.15, 0.2) is 11.0 Å². The van der Waals surface area contributed by atoms with Crippen molar-refractivity contribution in [2.45, 2.75) is 31.2 Å². The number of hydrogen-bond acceptors (Lipinski definition) is 4. The monoisotopic (exact) mass is 413 g/mol. The van der Waals surface area contributed by atoms with Crippen molar-refractivity contribution in [2.75, 3.05) is 10.7 Å². The second-order valence-electron chi connectivity index (χ2n) is 6.90. The van der Waals surface area contributed by atoms with Gasteiger partial charge in [-0.15, -0.1) is 0 Å². The van der Waals surface area contributed by atoms with Crippen LogP contribution in [0.2, 0.25) is 5.02 Å². The first kappa shape index (κ1) is 19.0. The molecule has 5 nitrogen and oxygen atoms in total. The van der Waals surface area contributed by atoms with Crippen molar-refractivity contribution in [1.29, 1.82) is 0 Å². The lowest BCUT2D eigenvalue weighted by atomic mass is 9.94. The number of carboxylic acids is 1. The molecule has 0 unspecified atom stereocenters. The summed E-state index contributed by atoms with van der Waals surface area (Å²) in [7, 11) is 0. The molecule has 2 aromatic rings. The largest absolute Gasteiger partial charge is 0.481 e. The smallest absolute Gasteiger partial charge is 0.313 e. The Morgan fingerprint density at radius 3 is 2.46 bits per heavy atom. The number of nitrogens with zero attached hydrogens (tertiary/aromatic N) is 3. The summed E-state index contributed by atoms with van der Waals surface area (Å²) in [6.45, 7) is 0. The number of thioether (sulfide) groups is 1. The summed E-state index contributed by atoms with van der Waals surface area (Å²) in [6.07, 6.45) is 4.06. The fourth-order valence-electron chi connectivity index (χ4n) is 3.86. The van der Waals surface area contributed by atoms with E-state index in [1.807, 2.05) is 54.6 Å². The third-order valence-electron chi connectivity index (χ3n) is 5.07. The van der Waals surface area contributed by atoms with Gasteiger partial charge in [0.1, 0.15) is 5.54 Å². The number of hydrogen-bond donors (Lipinski definition) is 1. The molecule has 1 N–H and O–H groups in total. The van der Waals surface area contributed by atoms with Crippen LogP contribution in [0.25, 0.3) is 0 Å². The topological polar surface area (TPSA) is 65.3 Å². The minimum Gasteiger partial charge on any atom is -0.481 e. The van der Waals surface area contributed by atoms with Gasteiger partial charge in [0.05, 0.1) is 11.4 Å². The highest BCUT2D eigenvalue weighted by atomic mass is 35.5. The van der Waals surface area contributed by atoms with Gasteiger partial charge in [0.25, 0.3) is 0 Å². The predicted molar refractivity (Wildman–Crippen MR) is 116 cm³/mol. The molecule has 144 valence electrons. The average Bonchev–Trinajstić information content (AvgIpc) is 3.29. The summed E-state index contributed by atoms with van der Waals surface area (Å²) in [5.74, 6) is -0.139. The minimum atomic E-state index is -0.857. The van der Waals surface area contributed by atoms with Crippen molar-refractivity contribution in [3.63, 3.8) is 0 Å². The van der Waals surface area contributed by atoms with E-state index in [1.165, 1.54) is 11.8 Å². The van der Waals surface area contributed by atoms with Crippen molar-refractivity contribution >= 4 is 51.7 Å². The average molecular weight is 414 g/mol. The zero-order chi connectivity index (χ0) is 19.6. The zero-order valence-electron chi connectivity index (χ0n) is 15.2. The Kier molecular flexibility index (Phi) is 5.42. The van der Waals surface area contributed by atoms with E-state index >= 15 is 0 Å². The molecule has 2 aliphatic rings. The summed E-state index contributed by atoms with van der Waals surface area (Å²) in [5, 5.41) is 10.5. The normalized spacial score (nSPS) is 19.4. The number of carbonyl (C=O) groups is 1. The van der Waals surface area contributed by atoms with Crippen molar-refractivity contribution in [3.8, 4) is 0 Å². The third-order valence-corrected chi connectivity index (χ3v) is 6.24. The van der Waals surface area contributed by atoms with Crippen molar-refractivity contribution in [1.82, 2.24) is 0 Å². The number of carboxylic acid groups (broad SMARTS) is 1. The maximum absolute atomic E-state index is 11.2. The van der Waals surface area contributed by atoms with Crippen LogP contribution in [0.5, 0.6) is 0 Å². The molecule has 1 saturated carbocycles. The molecule has 0 atom stereocenters. The molecule has 1 heterocycles. The van der Waals surface area contributed by atoms with Crippen molar-refractivity contribution < 1.29 is 9.90 Å². The molecular formula is C21H20ClN3O2S. The number of aliphatic imine (C=N–C) groups is 2. The highest BCUT2D eigenvalue weighted by Gasteiger charge is 2.51. The first-order valence-corrected chi connectivity index (χ1v) is 10.6. The predicted octanol–water partition coefficient (Wildman–Crippen LogP) is 5.38. The van der Waals surface area contributed by atoms with Gasteiger partial charge < -0.3 is 10.0 Å². The highest BCUT2D eigenvalue weighted by Crippen LogP contribution is 2.45. The van der Waals surface area contributed by atoms with E-state index in [4.69, 9.17) is 21.6 Å². The Hall–Kier alpha value is -2.31. The number of benzene rings is 2. The molecule has 1 aliphatic carbocycles. The Labute approximate surface area is 173 Å². The number of rotatable bonds is 4. The summed E-state index contributed by atoms with van der Waals surface area (Å²) in [4.78, 5) is 23.1. The maximum atomic E-state index is 11.2. The quantitative estimate of drug-likeness (QED) is 0.731. The van der Waals surface area contributed by atoms with Crippen molar-refractivity contribution in [3.05, 3.63) is 59.6 Å². The molecule has 0 radical (unpaired) electrons. The first-order valence-electron chi connectivity index (χ1n) is 9.22. The second-order valence-corrected chi connectivity index (χ2v) is 8.28. The summed E-state index contributed by atoms with van der Waals surface area (Å²) < 4.78 is 0. The van der Waals surface area contributed by atoms with Crippen LogP contribution < -0.4 is 4.90 Å². The van der Waals surface area contributed by atoms with Crippen LogP contribution in [-0.4, -0.2) is 33.4 Å². The molecule has 1 fully saturated rings. The Morgan fingerprint density at radius 1 is 1.14 bits per heavy atom. The molecule has 1 aliphatic heterocycles. The van der Waals surface area contributed by atoms with Gasteiger partial charge in [-0.05, 0) is 49.2 Å². The van der Waals surface area contributed by atoms with Gasteiger partial charge in [0, 0.05) is 10.7 Å². The summed E-state index contributed by atoms with van der Waals surface area (Å²) in [6, 6.07) is 17.4. The van der Waals surface area contributed by atoms with Crippen LogP contribution in [0.15, 0.2) is 64.6 Å². The fraction of sp³-hybridized carbons (Fsp3) is 0.286. The molecule has 2 aromatic carbocycles. The van der Waals surface area contributed by atoms with Crippen molar-refractivity contribution in [2.24, 2.45) is 9.98 Å². The van der Waals surface area contributed by atoms with Gasteiger partial charge in [-0.1, -0.05) is 54.4 Å². The van der Waals surface area contributed by atoms with E-state index in [0.29, 0.717) is 10.2 Å². The number of amidine groups is 2. The van der Waals surface area contributed by atoms with Crippen LogP contribution in [0.3, 0.4) is 0 Å². The zero-order valence-corrected chi connectivity index (χ0v) is 16.8. The Morgan fingerprint density at radius 2 is 1.82 bits per heavy atom. The summed E-state index contributed by atoms with van der Waals surface area (Å²) >= 11 is 7.25. The van der Waals surface area contributed by atoms with E-state index in [2.05, 4.69) is 4.90 Å². The number of aliphatic carboxylic acids is 1. The van der Waals surface area contributed by atoms with Gasteiger partial charge in [-0.3, -0.25) is 4.79 Å². The van der Waals surface area contributed by atoms with E-state index < -0.39 is 5.97 Å². The third kappa shape index (κ3) is 3.66. The standard InChI is InChI=1S/C21H20ClN3O2S/c22-15-8-10-16(11-9-15)23-19-21(12-4-5-13-21)25(17-6-2-1-3-7-17)20(24-19)28-14-18(26)27/h1-3,6-11H,4-5,12-14H2,(H,26,27). The Balaban J connectivity index is 1.80. The lowest BCUT2D eigenvalue weighted by Crippen LogP contribution is -2.49. The van der Waals surface area contributed by atoms with E-state index in [9.17, 15) is 9.90 Å². The van der Waals surface area contributed by atoms with Gasteiger partial charge >= 0.3 is 5.97 Å². The second kappa shape index (κ2) is 7.97. The number of halogens is 1. The molecule has 0 amide bonds. The number of para-hydroxylation sites is 1. The SMILES string of the molecule is O=C(O)CSC1=NC(=Nc2ccc(Cl)cc2)C2(CCCC2)N1c1ccccc1. The van der Waals surface area contributed by atoms with Crippen LogP contribution >= 0.6 is 23.4 Å². The van der Waals surface area contributed by atoms with E-state index in [1.54, 1.807) is 0 Å². The molecular weight excluding hydrogens is 394 g/mol. The molecule has 0 aromatic heterocycles. The maximum Gasteiger partial charge on any atom is 0.313 e. The molecule has 4 rings (SSSR count). The lowest BCUT2D eigenvalue weighted by Gasteiger charge is -2.36. The summed E-state index contributed by atoms with van der Waals surface area (Å²) in [5.41, 5.74) is 1.48. The molecule has 28 heavy (non-hydrogen) atoms. The van der Waals surface area contributed by atoms with Crippen LogP contribution in [0, 0.1) is 0 Å². The molecule has 7 heteroatoms. The van der Waals surface area contributed by atoms with Crippen LogP contribution in [0.4, 0.5) is 11.4 Å². The van der Waals surface area contributed by atoms with E-state index in [0.717, 1.165) is 42.9 Å². The molecule has 0 saturated heterocycles. The van der Waals surface area contributed by atoms with Gasteiger partial charge in [-0.25, -0.2) is 9.98 Å². The fourth-order valence-corrected chi connectivity index (χ4v) is 4.80. The molecule has 0 bridgehead atoms. The van der Waals surface area contributed by atoms with Gasteiger partial charge in [-0.2, -0.15) is 0 Å². The highest BCUT2D eigenvalue weighted by molar-refractivity contribution is 8.14. The van der Waals surface area contributed by atoms with Gasteiger partial charge in [0.2, 0.25) is 0 Å². The molecule has 1 spiro atoms.